The Morgan fingerprint density at radius 3 is 2.45 bits per heavy atom. The van der Waals surface area contributed by atoms with Crippen molar-refractivity contribution in [1.82, 2.24) is 4.90 Å². The maximum absolute atomic E-state index is 5.95. The van der Waals surface area contributed by atoms with Crippen molar-refractivity contribution >= 4 is 17.3 Å². The van der Waals surface area contributed by atoms with Crippen LogP contribution in [0.5, 0.6) is 0 Å². The van der Waals surface area contributed by atoms with Gasteiger partial charge in [0.25, 0.3) is 0 Å². The van der Waals surface area contributed by atoms with Gasteiger partial charge in [-0.1, -0.05) is 47.5 Å². The number of aryl methyl sites for hydroxylation is 1. The van der Waals surface area contributed by atoms with Gasteiger partial charge in [0.15, 0.2) is 0 Å². The predicted molar refractivity (Wildman–Crippen MR) is 93.9 cm³/mol. The molecule has 0 aliphatic carbocycles. The smallest absolute Gasteiger partial charge is 0.119 e. The van der Waals surface area contributed by atoms with Gasteiger partial charge in [0.05, 0.1) is 0 Å². The fourth-order valence-corrected chi connectivity index (χ4v) is 2.56. The van der Waals surface area contributed by atoms with E-state index in [9.17, 15) is 0 Å². The SMILES string of the molecule is Cc1ccc(NC2C=CC=CN2Cc2ccc(Cl)cc2)cc1. The van der Waals surface area contributed by atoms with Crippen molar-refractivity contribution in [3.8, 4) is 0 Å². The topological polar surface area (TPSA) is 15.3 Å². The Kier molecular flexibility index (Phi) is 4.50. The Bertz CT molecular complexity index is 610. The molecule has 0 fully saturated rings. The number of anilines is 1. The maximum atomic E-state index is 5.95. The van der Waals surface area contributed by atoms with Crippen LogP contribution in [0.25, 0.3) is 0 Å². The normalized spacial score (nSPS) is 16.8. The molecule has 1 heterocycles. The molecule has 0 radical (unpaired) electrons. The van der Waals surface area contributed by atoms with Gasteiger partial charge in [0.2, 0.25) is 0 Å². The summed E-state index contributed by atoms with van der Waals surface area (Å²) in [6.07, 6.45) is 8.55. The van der Waals surface area contributed by atoms with Crippen LogP contribution in [-0.2, 0) is 6.54 Å². The minimum absolute atomic E-state index is 0.142. The summed E-state index contributed by atoms with van der Waals surface area (Å²) in [4.78, 5) is 2.27. The lowest BCUT2D eigenvalue weighted by Gasteiger charge is -2.31. The zero-order chi connectivity index (χ0) is 15.4. The first-order valence-corrected chi connectivity index (χ1v) is 7.77. The Morgan fingerprint density at radius 2 is 1.73 bits per heavy atom. The molecule has 3 heteroatoms. The van der Waals surface area contributed by atoms with Gasteiger partial charge in [-0.3, -0.25) is 0 Å². The summed E-state index contributed by atoms with van der Waals surface area (Å²) in [6, 6.07) is 16.5. The fraction of sp³-hybridized carbons (Fsp3) is 0.158. The van der Waals surface area contributed by atoms with Crippen LogP contribution in [0.4, 0.5) is 5.69 Å². The van der Waals surface area contributed by atoms with Gasteiger partial charge in [0, 0.05) is 23.5 Å². The van der Waals surface area contributed by atoms with Crippen LogP contribution in [-0.4, -0.2) is 11.1 Å². The molecular formula is C19H19ClN2. The number of halogens is 1. The molecule has 0 saturated heterocycles. The van der Waals surface area contributed by atoms with Gasteiger partial charge in [-0.05, 0) is 48.9 Å². The van der Waals surface area contributed by atoms with Crippen molar-refractivity contribution in [2.45, 2.75) is 19.6 Å². The van der Waals surface area contributed by atoms with E-state index in [1.54, 1.807) is 0 Å². The Morgan fingerprint density at radius 1 is 1.00 bits per heavy atom. The summed E-state index contributed by atoms with van der Waals surface area (Å²) < 4.78 is 0. The Balaban J connectivity index is 1.71. The van der Waals surface area contributed by atoms with Crippen molar-refractivity contribution < 1.29 is 0 Å². The van der Waals surface area contributed by atoms with Gasteiger partial charge in [0.1, 0.15) is 6.17 Å². The predicted octanol–water partition coefficient (Wildman–Crippen LogP) is 4.97. The van der Waals surface area contributed by atoms with Crippen LogP contribution in [0, 0.1) is 6.92 Å². The van der Waals surface area contributed by atoms with E-state index in [1.807, 2.05) is 12.1 Å². The molecule has 1 aliphatic heterocycles. The molecule has 0 bridgehead atoms. The molecule has 22 heavy (non-hydrogen) atoms. The molecule has 0 spiro atoms. The molecule has 2 aromatic carbocycles. The minimum atomic E-state index is 0.142. The number of nitrogens with zero attached hydrogens (tertiary/aromatic N) is 1. The zero-order valence-electron chi connectivity index (χ0n) is 12.5. The first kappa shape index (κ1) is 14.7. The number of allylic oxidation sites excluding steroid dienone is 2. The van der Waals surface area contributed by atoms with Crippen LogP contribution in [0.1, 0.15) is 11.1 Å². The summed E-state index contributed by atoms with van der Waals surface area (Å²) in [5, 5.41) is 4.32. The lowest BCUT2D eigenvalue weighted by Crippen LogP contribution is -2.36. The van der Waals surface area contributed by atoms with Crippen molar-refractivity contribution in [2.24, 2.45) is 0 Å². The maximum Gasteiger partial charge on any atom is 0.119 e. The molecular weight excluding hydrogens is 292 g/mol. The first-order chi connectivity index (χ1) is 10.7. The molecule has 1 unspecified atom stereocenters. The van der Waals surface area contributed by atoms with E-state index < -0.39 is 0 Å². The van der Waals surface area contributed by atoms with Gasteiger partial charge < -0.3 is 10.2 Å². The minimum Gasteiger partial charge on any atom is -0.362 e. The second-order valence-electron chi connectivity index (χ2n) is 5.48. The summed E-state index contributed by atoms with van der Waals surface area (Å²) in [7, 11) is 0. The Labute approximate surface area is 136 Å². The van der Waals surface area contributed by atoms with E-state index in [1.165, 1.54) is 11.1 Å². The molecule has 3 rings (SSSR count). The van der Waals surface area contributed by atoms with Crippen LogP contribution >= 0.6 is 11.6 Å². The van der Waals surface area contributed by atoms with Crippen molar-refractivity contribution in [2.75, 3.05) is 5.32 Å². The summed E-state index contributed by atoms with van der Waals surface area (Å²) in [5.74, 6) is 0. The second kappa shape index (κ2) is 6.71. The highest BCUT2D eigenvalue weighted by molar-refractivity contribution is 6.30. The highest BCUT2D eigenvalue weighted by atomic mass is 35.5. The Hall–Kier alpha value is -2.19. The lowest BCUT2D eigenvalue weighted by atomic mass is 10.1. The van der Waals surface area contributed by atoms with E-state index in [-0.39, 0.29) is 6.17 Å². The van der Waals surface area contributed by atoms with Crippen molar-refractivity contribution in [1.29, 1.82) is 0 Å². The van der Waals surface area contributed by atoms with Crippen LogP contribution in [0.2, 0.25) is 5.02 Å². The average molecular weight is 311 g/mol. The standard InChI is InChI=1S/C19H19ClN2/c1-15-5-11-18(12-6-15)21-19-4-2-3-13-22(19)14-16-7-9-17(20)10-8-16/h2-13,19,21H,14H2,1H3. The highest BCUT2D eigenvalue weighted by Crippen LogP contribution is 2.18. The highest BCUT2D eigenvalue weighted by Gasteiger charge is 2.14. The molecule has 1 atom stereocenters. The second-order valence-corrected chi connectivity index (χ2v) is 5.92. The zero-order valence-corrected chi connectivity index (χ0v) is 13.3. The average Bonchev–Trinajstić information content (AvgIpc) is 2.54. The number of hydrogen-bond acceptors (Lipinski definition) is 2. The number of nitrogens with one attached hydrogen (secondary N) is 1. The molecule has 0 aromatic heterocycles. The quantitative estimate of drug-likeness (QED) is 0.857. The molecule has 0 amide bonds. The number of hydrogen-bond donors (Lipinski definition) is 1. The molecule has 112 valence electrons. The summed E-state index contributed by atoms with van der Waals surface area (Å²) in [5.41, 5.74) is 3.62. The number of rotatable bonds is 4. The van der Waals surface area contributed by atoms with E-state index in [4.69, 9.17) is 11.6 Å². The number of benzene rings is 2. The third-order valence-corrected chi connectivity index (χ3v) is 3.94. The van der Waals surface area contributed by atoms with E-state index in [0.717, 1.165) is 17.3 Å². The molecule has 0 saturated carbocycles. The molecule has 1 aliphatic rings. The molecule has 2 aromatic rings. The van der Waals surface area contributed by atoms with Gasteiger partial charge >= 0.3 is 0 Å². The summed E-state index contributed by atoms with van der Waals surface area (Å²) >= 11 is 5.95. The van der Waals surface area contributed by atoms with Crippen molar-refractivity contribution in [3.05, 3.63) is 89.1 Å². The third kappa shape index (κ3) is 3.71. The van der Waals surface area contributed by atoms with Gasteiger partial charge in [-0.2, -0.15) is 0 Å². The van der Waals surface area contributed by atoms with Crippen LogP contribution in [0.15, 0.2) is 73.0 Å². The fourth-order valence-electron chi connectivity index (χ4n) is 2.44. The van der Waals surface area contributed by atoms with E-state index in [2.05, 4.69) is 78.0 Å². The van der Waals surface area contributed by atoms with Crippen LogP contribution in [0.3, 0.4) is 0 Å². The largest absolute Gasteiger partial charge is 0.362 e. The van der Waals surface area contributed by atoms with Crippen LogP contribution < -0.4 is 5.32 Å². The summed E-state index contributed by atoms with van der Waals surface area (Å²) in [6.45, 7) is 2.93. The van der Waals surface area contributed by atoms with Gasteiger partial charge in [-0.25, -0.2) is 0 Å². The third-order valence-electron chi connectivity index (χ3n) is 3.68. The first-order valence-electron chi connectivity index (χ1n) is 7.39. The molecule has 2 nitrogen and oxygen atoms in total. The van der Waals surface area contributed by atoms with Gasteiger partial charge in [-0.15, -0.1) is 0 Å². The monoisotopic (exact) mass is 310 g/mol. The van der Waals surface area contributed by atoms with E-state index in [0.29, 0.717) is 0 Å². The lowest BCUT2D eigenvalue weighted by molar-refractivity contribution is 0.332. The van der Waals surface area contributed by atoms with E-state index >= 15 is 0 Å². The molecule has 1 N–H and O–H groups in total. The van der Waals surface area contributed by atoms with Crippen molar-refractivity contribution in [3.63, 3.8) is 0 Å².